The molecule has 0 saturated carbocycles. The maximum Gasteiger partial charge on any atom is 0.240 e. The molecule has 8 nitrogen and oxygen atoms in total. The quantitative estimate of drug-likeness (QED) is 0.372. The van der Waals surface area contributed by atoms with Crippen LogP contribution in [-0.2, 0) is 24.3 Å². The van der Waals surface area contributed by atoms with Gasteiger partial charge in [-0.3, -0.25) is 9.89 Å². The van der Waals surface area contributed by atoms with Crippen LogP contribution in [0.15, 0.2) is 30.3 Å². The summed E-state index contributed by atoms with van der Waals surface area (Å²) in [6, 6.07) is 8.58. The number of aromatic nitrogens is 4. The Morgan fingerprint density at radius 3 is 2.91 bits per heavy atom. The van der Waals surface area contributed by atoms with E-state index in [0.717, 1.165) is 58.4 Å². The molecule has 2 aliphatic heterocycles. The lowest BCUT2D eigenvalue weighted by Gasteiger charge is -2.19. The fourth-order valence-corrected chi connectivity index (χ4v) is 5.05. The smallest absolute Gasteiger partial charge is 0.240 e. The maximum atomic E-state index is 14.1. The Morgan fingerprint density at radius 2 is 2.15 bits per heavy atom. The summed E-state index contributed by atoms with van der Waals surface area (Å²) in [5.74, 6) is -0.171. The van der Waals surface area contributed by atoms with Crippen molar-refractivity contribution in [2.24, 2.45) is 0 Å². The van der Waals surface area contributed by atoms with Gasteiger partial charge in [-0.15, -0.1) is 0 Å². The molecule has 1 fully saturated rings. The van der Waals surface area contributed by atoms with Crippen LogP contribution in [0.2, 0.25) is 0 Å². The van der Waals surface area contributed by atoms with E-state index in [1.54, 1.807) is 0 Å². The highest BCUT2D eigenvalue weighted by Gasteiger charge is 2.33. The van der Waals surface area contributed by atoms with E-state index in [-0.39, 0.29) is 17.7 Å². The molecule has 2 aromatic heterocycles. The van der Waals surface area contributed by atoms with E-state index in [2.05, 4.69) is 20.5 Å². The molecule has 174 valence electrons. The largest absolute Gasteiger partial charge is 0.505 e. The lowest BCUT2D eigenvalue weighted by Crippen LogP contribution is -2.41. The number of carbonyl (C=O) groups is 1. The van der Waals surface area contributed by atoms with Gasteiger partial charge in [0.25, 0.3) is 0 Å². The first-order chi connectivity index (χ1) is 16.5. The van der Waals surface area contributed by atoms with Crippen LogP contribution in [0.1, 0.15) is 36.7 Å². The Balaban J connectivity index is 1.28. The third-order valence-electron chi connectivity index (χ3n) is 6.88. The zero-order valence-corrected chi connectivity index (χ0v) is 18.8. The molecule has 0 aliphatic carbocycles. The molecule has 0 bridgehead atoms. The number of nitrogens with one attached hydrogen (secondary N) is 3. The summed E-state index contributed by atoms with van der Waals surface area (Å²) in [6.45, 7) is 3.89. The summed E-state index contributed by atoms with van der Waals surface area (Å²) in [4.78, 5) is 22.6. The fourth-order valence-electron chi connectivity index (χ4n) is 5.05. The second-order valence-corrected chi connectivity index (χ2v) is 9.00. The normalized spacial score (nSPS) is 17.6. The Labute approximate surface area is 195 Å². The Kier molecular flexibility index (Phi) is 4.88. The van der Waals surface area contributed by atoms with Crippen LogP contribution in [0.25, 0.3) is 33.5 Å². The molecule has 0 spiro atoms. The van der Waals surface area contributed by atoms with Crippen LogP contribution >= 0.6 is 0 Å². The molecule has 4 heterocycles. The lowest BCUT2D eigenvalue weighted by atomic mass is 9.96. The number of rotatable bonds is 4. The molecule has 6 rings (SSSR count). The van der Waals surface area contributed by atoms with E-state index >= 15 is 0 Å². The summed E-state index contributed by atoms with van der Waals surface area (Å²) in [7, 11) is 0. The number of H-pyrrole nitrogens is 2. The number of phenolic OH excluding ortho intramolecular Hbond substituents is 1. The van der Waals surface area contributed by atoms with Gasteiger partial charge in [-0.25, -0.2) is 9.37 Å². The van der Waals surface area contributed by atoms with Crippen LogP contribution in [-0.4, -0.2) is 48.7 Å². The van der Waals surface area contributed by atoms with Crippen molar-refractivity contribution in [1.29, 1.82) is 0 Å². The van der Waals surface area contributed by atoms with Gasteiger partial charge in [0.05, 0.1) is 36.0 Å². The van der Waals surface area contributed by atoms with E-state index in [0.29, 0.717) is 31.0 Å². The highest BCUT2D eigenvalue weighted by Crippen LogP contribution is 2.34. The van der Waals surface area contributed by atoms with Gasteiger partial charge >= 0.3 is 0 Å². The number of aryl methyl sites for hydroxylation is 1. The number of amides is 1. The van der Waals surface area contributed by atoms with Gasteiger partial charge in [0.15, 0.2) is 17.4 Å². The van der Waals surface area contributed by atoms with Crippen molar-refractivity contribution >= 4 is 16.8 Å². The first-order valence-corrected chi connectivity index (χ1v) is 11.6. The molecule has 2 aliphatic rings. The van der Waals surface area contributed by atoms with Crippen molar-refractivity contribution in [3.63, 3.8) is 0 Å². The third kappa shape index (κ3) is 3.35. The summed E-state index contributed by atoms with van der Waals surface area (Å²) in [6.07, 6.45) is 2.59. The number of nitrogens with zero attached hydrogens (tertiary/aromatic N) is 3. The maximum absolute atomic E-state index is 14.1. The SMILES string of the molecule is CCc1cc(O)c(F)cc1-c1ccc2c(-c3nc4c([nH]3)CN(C(=O)[C@@H]3CCCN3)C4)n[nH]c2c1. The highest BCUT2D eigenvalue weighted by molar-refractivity contribution is 5.94. The Bertz CT molecular complexity index is 1400. The van der Waals surface area contributed by atoms with Crippen LogP contribution in [0, 0.1) is 5.82 Å². The number of aromatic hydroxyl groups is 1. The molecule has 9 heteroatoms. The molecular weight excluding hydrogens is 435 g/mol. The zero-order chi connectivity index (χ0) is 23.4. The van der Waals surface area contributed by atoms with Crippen molar-refractivity contribution in [2.45, 2.75) is 45.3 Å². The average molecular weight is 461 g/mol. The Morgan fingerprint density at radius 1 is 1.26 bits per heavy atom. The first-order valence-electron chi connectivity index (χ1n) is 11.6. The van der Waals surface area contributed by atoms with E-state index in [9.17, 15) is 14.3 Å². The van der Waals surface area contributed by atoms with Gasteiger partial charge in [0, 0.05) is 5.39 Å². The second kappa shape index (κ2) is 7.95. The molecule has 1 atom stereocenters. The minimum absolute atomic E-state index is 0.0803. The predicted octanol–water partition coefficient (Wildman–Crippen LogP) is 3.62. The third-order valence-corrected chi connectivity index (χ3v) is 6.88. The van der Waals surface area contributed by atoms with Crippen LogP contribution in [0.4, 0.5) is 4.39 Å². The predicted molar refractivity (Wildman–Crippen MR) is 125 cm³/mol. The number of imidazole rings is 1. The van der Waals surface area contributed by atoms with E-state index in [1.165, 1.54) is 12.1 Å². The minimum atomic E-state index is -0.640. The van der Waals surface area contributed by atoms with E-state index in [4.69, 9.17) is 4.98 Å². The van der Waals surface area contributed by atoms with Crippen molar-refractivity contribution in [3.05, 3.63) is 53.1 Å². The minimum Gasteiger partial charge on any atom is -0.505 e. The van der Waals surface area contributed by atoms with E-state index in [1.807, 2.05) is 30.0 Å². The van der Waals surface area contributed by atoms with Gasteiger partial charge in [-0.2, -0.15) is 5.10 Å². The molecule has 0 unspecified atom stereocenters. The van der Waals surface area contributed by atoms with E-state index < -0.39 is 5.82 Å². The summed E-state index contributed by atoms with van der Waals surface area (Å²) in [5, 5.41) is 21.4. The fraction of sp³-hybridized carbons (Fsp3) is 0.320. The van der Waals surface area contributed by atoms with Gasteiger partial charge in [-0.1, -0.05) is 13.0 Å². The number of halogens is 1. The van der Waals surface area contributed by atoms with Gasteiger partial charge in [0.1, 0.15) is 5.69 Å². The molecule has 1 amide bonds. The van der Waals surface area contributed by atoms with Crippen LogP contribution in [0.5, 0.6) is 5.75 Å². The topological polar surface area (TPSA) is 110 Å². The Hall–Kier alpha value is -3.72. The number of phenols is 1. The van der Waals surface area contributed by atoms with Crippen molar-refractivity contribution in [1.82, 2.24) is 30.4 Å². The monoisotopic (exact) mass is 460 g/mol. The number of benzene rings is 2. The molecule has 4 N–H and O–H groups in total. The van der Waals surface area contributed by atoms with Gasteiger partial charge in [-0.05, 0) is 66.8 Å². The lowest BCUT2D eigenvalue weighted by molar-refractivity contribution is -0.133. The standard InChI is InChI=1S/C25H25FN6O2/c1-2-13-9-22(33)17(26)10-16(13)14-5-6-15-19(8-14)30-31-23(15)24-28-20-11-32(12-21(20)29-24)25(34)18-4-3-7-27-18/h5-6,8-10,18,27,33H,2-4,7,11-12H2,1H3,(H,28,29)(H,30,31)/t18-/m0/s1. The number of carbonyl (C=O) groups excluding carboxylic acids is 1. The van der Waals surface area contributed by atoms with Crippen molar-refractivity contribution in [2.75, 3.05) is 6.54 Å². The summed E-state index contributed by atoms with van der Waals surface area (Å²) in [5.41, 5.74) is 5.79. The summed E-state index contributed by atoms with van der Waals surface area (Å²) >= 11 is 0. The number of aromatic amines is 2. The van der Waals surface area contributed by atoms with Crippen LogP contribution < -0.4 is 5.32 Å². The number of hydrogen-bond acceptors (Lipinski definition) is 5. The van der Waals surface area contributed by atoms with Gasteiger partial charge in [0.2, 0.25) is 5.91 Å². The van der Waals surface area contributed by atoms with Crippen molar-refractivity contribution < 1.29 is 14.3 Å². The van der Waals surface area contributed by atoms with Crippen molar-refractivity contribution in [3.8, 4) is 28.4 Å². The highest BCUT2D eigenvalue weighted by atomic mass is 19.1. The zero-order valence-electron chi connectivity index (χ0n) is 18.8. The second-order valence-electron chi connectivity index (χ2n) is 9.00. The first kappa shape index (κ1) is 20.9. The molecule has 2 aromatic carbocycles. The van der Waals surface area contributed by atoms with Gasteiger partial charge < -0.3 is 20.3 Å². The number of fused-ring (bicyclic) bond motifs is 2. The van der Waals surface area contributed by atoms with Crippen LogP contribution in [0.3, 0.4) is 0 Å². The molecular formula is C25H25FN6O2. The average Bonchev–Trinajstić information content (AvgIpc) is 3.62. The number of hydrogen-bond donors (Lipinski definition) is 4. The summed E-state index contributed by atoms with van der Waals surface area (Å²) < 4.78 is 14.1. The molecule has 1 saturated heterocycles. The molecule has 4 aromatic rings. The molecule has 34 heavy (non-hydrogen) atoms. The molecule has 0 radical (unpaired) electrons.